The maximum atomic E-state index is 10.6. The van der Waals surface area contributed by atoms with Gasteiger partial charge in [-0.05, 0) is 18.1 Å². The van der Waals surface area contributed by atoms with Crippen LogP contribution in [-0.4, -0.2) is 16.1 Å². The van der Waals surface area contributed by atoms with Gasteiger partial charge in [0.1, 0.15) is 0 Å². The van der Waals surface area contributed by atoms with Gasteiger partial charge in [0.2, 0.25) is 5.76 Å². The third kappa shape index (κ3) is 2.11. The Labute approximate surface area is 92.6 Å². The zero-order valence-corrected chi connectivity index (χ0v) is 8.80. The van der Waals surface area contributed by atoms with Crippen LogP contribution < -0.4 is 0 Å². The molecule has 1 heterocycles. The van der Waals surface area contributed by atoms with E-state index in [0.717, 1.165) is 11.1 Å². The Kier molecular flexibility index (Phi) is 2.72. The van der Waals surface area contributed by atoms with Gasteiger partial charge in [-0.3, -0.25) is 0 Å². The molecule has 0 aliphatic rings. The highest BCUT2D eigenvalue weighted by Gasteiger charge is 2.11. The van der Waals surface area contributed by atoms with Crippen LogP contribution in [0.2, 0.25) is 0 Å². The summed E-state index contributed by atoms with van der Waals surface area (Å²) >= 11 is 0. The second-order valence-electron chi connectivity index (χ2n) is 3.53. The van der Waals surface area contributed by atoms with E-state index in [1.54, 1.807) is 0 Å². The standard InChI is InChI=1S/C12H11NO3/c1-8-4-2-3-5-9(8)6-11-13-7-10(16-11)12(14)15/h2-5,7H,6H2,1H3,(H,14,15). The van der Waals surface area contributed by atoms with Gasteiger partial charge in [-0.15, -0.1) is 0 Å². The average Bonchev–Trinajstić information content (AvgIpc) is 2.70. The van der Waals surface area contributed by atoms with Crippen LogP contribution in [-0.2, 0) is 6.42 Å². The van der Waals surface area contributed by atoms with Gasteiger partial charge in [0.15, 0.2) is 5.89 Å². The monoisotopic (exact) mass is 217 g/mol. The SMILES string of the molecule is Cc1ccccc1Cc1ncc(C(=O)O)o1. The van der Waals surface area contributed by atoms with E-state index in [4.69, 9.17) is 9.52 Å². The highest BCUT2D eigenvalue weighted by molar-refractivity contribution is 5.83. The lowest BCUT2D eigenvalue weighted by atomic mass is 10.1. The Balaban J connectivity index is 2.21. The molecule has 0 aliphatic carbocycles. The smallest absolute Gasteiger partial charge is 0.373 e. The summed E-state index contributed by atoms with van der Waals surface area (Å²) in [5.41, 5.74) is 2.22. The van der Waals surface area contributed by atoms with Gasteiger partial charge in [0, 0.05) is 6.42 Å². The number of hydrogen-bond acceptors (Lipinski definition) is 3. The van der Waals surface area contributed by atoms with Crippen LogP contribution in [0, 0.1) is 6.92 Å². The summed E-state index contributed by atoms with van der Waals surface area (Å²) in [6.07, 6.45) is 1.75. The summed E-state index contributed by atoms with van der Waals surface area (Å²) in [7, 11) is 0. The van der Waals surface area contributed by atoms with Crippen LogP contribution in [0.5, 0.6) is 0 Å². The lowest BCUT2D eigenvalue weighted by molar-refractivity contribution is 0.0660. The van der Waals surface area contributed by atoms with Crippen LogP contribution in [0.4, 0.5) is 0 Å². The lowest BCUT2D eigenvalue weighted by Gasteiger charge is -2.01. The van der Waals surface area contributed by atoms with Gasteiger partial charge in [0.05, 0.1) is 6.20 Å². The molecule has 0 saturated carbocycles. The number of oxazole rings is 1. The fourth-order valence-electron chi connectivity index (χ4n) is 1.46. The van der Waals surface area contributed by atoms with E-state index >= 15 is 0 Å². The van der Waals surface area contributed by atoms with Crippen molar-refractivity contribution < 1.29 is 14.3 Å². The minimum atomic E-state index is -1.09. The fourth-order valence-corrected chi connectivity index (χ4v) is 1.46. The maximum absolute atomic E-state index is 10.6. The van der Waals surface area contributed by atoms with Crippen molar-refractivity contribution in [3.05, 3.63) is 53.2 Å². The van der Waals surface area contributed by atoms with Crippen molar-refractivity contribution in [3.63, 3.8) is 0 Å². The number of aromatic nitrogens is 1. The molecular formula is C12H11NO3. The first-order valence-corrected chi connectivity index (χ1v) is 4.89. The number of rotatable bonds is 3. The largest absolute Gasteiger partial charge is 0.475 e. The number of benzene rings is 1. The molecule has 0 atom stereocenters. The first-order valence-electron chi connectivity index (χ1n) is 4.89. The van der Waals surface area contributed by atoms with E-state index in [-0.39, 0.29) is 5.76 Å². The molecule has 2 rings (SSSR count). The summed E-state index contributed by atoms with van der Waals surface area (Å²) in [5, 5.41) is 8.69. The minimum Gasteiger partial charge on any atom is -0.475 e. The molecule has 1 aromatic heterocycles. The van der Waals surface area contributed by atoms with Crippen LogP contribution in [0.25, 0.3) is 0 Å². The number of carboxylic acids is 1. The van der Waals surface area contributed by atoms with Crippen molar-refractivity contribution in [1.82, 2.24) is 4.98 Å². The Morgan fingerprint density at radius 3 is 2.81 bits per heavy atom. The van der Waals surface area contributed by atoms with Crippen molar-refractivity contribution in [3.8, 4) is 0 Å². The van der Waals surface area contributed by atoms with E-state index in [2.05, 4.69) is 4.98 Å². The molecule has 0 unspecified atom stereocenters. The van der Waals surface area contributed by atoms with Crippen molar-refractivity contribution in [1.29, 1.82) is 0 Å². The highest BCUT2D eigenvalue weighted by atomic mass is 16.4. The fraction of sp³-hybridized carbons (Fsp3) is 0.167. The van der Waals surface area contributed by atoms with E-state index < -0.39 is 5.97 Å². The van der Waals surface area contributed by atoms with Gasteiger partial charge in [-0.25, -0.2) is 9.78 Å². The summed E-state index contributed by atoms with van der Waals surface area (Å²) in [4.78, 5) is 14.5. The third-order valence-electron chi connectivity index (χ3n) is 2.37. The molecule has 0 amide bonds. The predicted molar refractivity (Wildman–Crippen MR) is 57.4 cm³/mol. The molecule has 1 N–H and O–H groups in total. The van der Waals surface area contributed by atoms with Crippen molar-refractivity contribution in [2.75, 3.05) is 0 Å². The first kappa shape index (κ1) is 10.4. The molecule has 0 radical (unpaired) electrons. The molecule has 2 aromatic rings. The number of aromatic carboxylic acids is 1. The molecule has 4 nitrogen and oxygen atoms in total. The predicted octanol–water partition coefficient (Wildman–Crippen LogP) is 2.27. The molecule has 0 spiro atoms. The summed E-state index contributed by atoms with van der Waals surface area (Å²) in [6, 6.07) is 7.86. The van der Waals surface area contributed by atoms with Gasteiger partial charge in [-0.1, -0.05) is 24.3 Å². The molecule has 0 fully saturated rings. The van der Waals surface area contributed by atoms with Crippen LogP contribution >= 0.6 is 0 Å². The molecule has 82 valence electrons. The molecule has 16 heavy (non-hydrogen) atoms. The second-order valence-corrected chi connectivity index (χ2v) is 3.53. The van der Waals surface area contributed by atoms with Gasteiger partial charge in [-0.2, -0.15) is 0 Å². The van der Waals surface area contributed by atoms with Crippen LogP contribution in [0.15, 0.2) is 34.9 Å². The molecule has 1 aromatic carbocycles. The third-order valence-corrected chi connectivity index (χ3v) is 2.37. The number of nitrogens with zero attached hydrogens (tertiary/aromatic N) is 1. The highest BCUT2D eigenvalue weighted by Crippen LogP contribution is 2.13. The van der Waals surface area contributed by atoms with Crippen LogP contribution in [0.3, 0.4) is 0 Å². The molecule has 0 aliphatic heterocycles. The molecular weight excluding hydrogens is 206 g/mol. The lowest BCUT2D eigenvalue weighted by Crippen LogP contribution is -1.93. The topological polar surface area (TPSA) is 63.3 Å². The Bertz CT molecular complexity index is 516. The summed E-state index contributed by atoms with van der Waals surface area (Å²) in [6.45, 7) is 2.00. The second kappa shape index (κ2) is 4.18. The Hall–Kier alpha value is -2.10. The number of carbonyl (C=O) groups is 1. The Morgan fingerprint density at radius 1 is 1.44 bits per heavy atom. The number of hydrogen-bond donors (Lipinski definition) is 1. The van der Waals surface area contributed by atoms with E-state index in [0.29, 0.717) is 12.3 Å². The Morgan fingerprint density at radius 2 is 2.19 bits per heavy atom. The summed E-state index contributed by atoms with van der Waals surface area (Å²) < 4.78 is 5.09. The zero-order chi connectivity index (χ0) is 11.5. The number of aryl methyl sites for hydroxylation is 1. The molecule has 0 saturated heterocycles. The average molecular weight is 217 g/mol. The zero-order valence-electron chi connectivity index (χ0n) is 8.80. The van der Waals surface area contributed by atoms with Gasteiger partial charge >= 0.3 is 5.97 Å². The van der Waals surface area contributed by atoms with Crippen molar-refractivity contribution in [2.45, 2.75) is 13.3 Å². The van der Waals surface area contributed by atoms with Crippen molar-refractivity contribution in [2.24, 2.45) is 0 Å². The quantitative estimate of drug-likeness (QED) is 0.856. The van der Waals surface area contributed by atoms with E-state index in [1.165, 1.54) is 6.20 Å². The normalized spacial score (nSPS) is 10.3. The van der Waals surface area contributed by atoms with Crippen molar-refractivity contribution >= 4 is 5.97 Å². The first-order chi connectivity index (χ1) is 7.66. The van der Waals surface area contributed by atoms with Gasteiger partial charge < -0.3 is 9.52 Å². The number of carboxylic acid groups (broad SMARTS) is 1. The van der Waals surface area contributed by atoms with E-state index in [9.17, 15) is 4.79 Å². The molecule has 4 heteroatoms. The summed E-state index contributed by atoms with van der Waals surface area (Å²) in [5.74, 6) is -0.793. The maximum Gasteiger partial charge on any atom is 0.373 e. The molecule has 0 bridgehead atoms. The van der Waals surface area contributed by atoms with E-state index in [1.807, 2.05) is 31.2 Å². The van der Waals surface area contributed by atoms with Gasteiger partial charge in [0.25, 0.3) is 0 Å². The minimum absolute atomic E-state index is 0.122. The van der Waals surface area contributed by atoms with Crippen LogP contribution in [0.1, 0.15) is 27.6 Å².